The van der Waals surface area contributed by atoms with E-state index in [9.17, 15) is 18.3 Å². The first kappa shape index (κ1) is 20.7. The predicted octanol–water partition coefficient (Wildman–Crippen LogP) is 4.79. The first-order valence-corrected chi connectivity index (χ1v) is 11.7. The summed E-state index contributed by atoms with van der Waals surface area (Å²) >= 11 is 12.4. The molecule has 0 saturated heterocycles. The Hall–Kier alpha value is -2.61. The molecule has 9 heteroatoms. The monoisotopic (exact) mass is 462 g/mol. The summed E-state index contributed by atoms with van der Waals surface area (Å²) < 4.78 is 26.0. The highest BCUT2D eigenvalue weighted by atomic mass is 35.5. The Morgan fingerprint density at radius 3 is 2.47 bits per heavy atom. The molecule has 30 heavy (non-hydrogen) atoms. The molecule has 0 fully saturated rings. The first-order chi connectivity index (χ1) is 14.1. The fourth-order valence-corrected chi connectivity index (χ4v) is 4.87. The molecule has 2 aromatic heterocycles. The SMILES string of the molecule is CS(=O)(=O)Cc1c(-c2ccnc3cc(Cl)ccc23)c2cc(Cl)ccc2n1CC(=O)O. The van der Waals surface area contributed by atoms with Crippen LogP contribution < -0.4 is 0 Å². The minimum absolute atomic E-state index is 0.320. The summed E-state index contributed by atoms with van der Waals surface area (Å²) in [6.45, 7) is -0.377. The smallest absolute Gasteiger partial charge is 0.323 e. The van der Waals surface area contributed by atoms with Gasteiger partial charge in [0.1, 0.15) is 6.54 Å². The average Bonchev–Trinajstić information content (AvgIpc) is 2.91. The predicted molar refractivity (Wildman–Crippen MR) is 119 cm³/mol. The van der Waals surface area contributed by atoms with E-state index in [4.69, 9.17) is 23.2 Å². The van der Waals surface area contributed by atoms with E-state index in [0.29, 0.717) is 37.7 Å². The van der Waals surface area contributed by atoms with Crippen LogP contribution in [0.2, 0.25) is 10.0 Å². The van der Waals surface area contributed by atoms with Crippen molar-refractivity contribution in [2.75, 3.05) is 6.26 Å². The molecule has 0 aliphatic rings. The number of fused-ring (bicyclic) bond motifs is 2. The van der Waals surface area contributed by atoms with Gasteiger partial charge in [-0.1, -0.05) is 29.3 Å². The Bertz CT molecular complexity index is 1430. The third-order valence-electron chi connectivity index (χ3n) is 4.80. The van der Waals surface area contributed by atoms with Gasteiger partial charge in [-0.2, -0.15) is 0 Å². The number of carboxylic acid groups (broad SMARTS) is 1. The van der Waals surface area contributed by atoms with Gasteiger partial charge in [0.25, 0.3) is 0 Å². The number of rotatable bonds is 5. The molecule has 154 valence electrons. The van der Waals surface area contributed by atoms with Crippen molar-refractivity contribution in [3.8, 4) is 11.1 Å². The van der Waals surface area contributed by atoms with Crippen molar-refractivity contribution >= 4 is 60.8 Å². The number of sulfone groups is 1. The zero-order chi connectivity index (χ0) is 21.6. The summed E-state index contributed by atoms with van der Waals surface area (Å²) in [6, 6.07) is 12.1. The van der Waals surface area contributed by atoms with Crippen LogP contribution in [0.3, 0.4) is 0 Å². The molecule has 2 heterocycles. The van der Waals surface area contributed by atoms with Crippen molar-refractivity contribution in [1.29, 1.82) is 0 Å². The Morgan fingerprint density at radius 1 is 1.07 bits per heavy atom. The van der Waals surface area contributed by atoms with Gasteiger partial charge in [0.05, 0.1) is 11.3 Å². The highest BCUT2D eigenvalue weighted by molar-refractivity contribution is 7.89. The molecule has 1 N–H and O–H groups in total. The second-order valence-corrected chi connectivity index (χ2v) is 10.1. The van der Waals surface area contributed by atoms with E-state index < -0.39 is 15.8 Å². The Balaban J connectivity index is 2.17. The lowest BCUT2D eigenvalue weighted by atomic mass is 9.98. The molecule has 0 aliphatic heterocycles. The number of halogens is 2. The van der Waals surface area contributed by atoms with Gasteiger partial charge < -0.3 is 9.67 Å². The summed E-state index contributed by atoms with van der Waals surface area (Å²) in [4.78, 5) is 15.9. The number of benzene rings is 2. The minimum atomic E-state index is -3.47. The molecule has 0 unspecified atom stereocenters. The van der Waals surface area contributed by atoms with Crippen LogP contribution in [-0.2, 0) is 26.9 Å². The summed E-state index contributed by atoms with van der Waals surface area (Å²) in [5.74, 6) is -1.39. The second-order valence-electron chi connectivity index (χ2n) is 7.05. The van der Waals surface area contributed by atoms with Crippen molar-refractivity contribution < 1.29 is 18.3 Å². The maximum atomic E-state index is 12.3. The third-order valence-corrected chi connectivity index (χ3v) is 6.07. The van der Waals surface area contributed by atoms with Gasteiger partial charge in [0.15, 0.2) is 9.84 Å². The Morgan fingerprint density at radius 2 is 1.77 bits per heavy atom. The van der Waals surface area contributed by atoms with E-state index in [2.05, 4.69) is 4.98 Å². The van der Waals surface area contributed by atoms with Gasteiger partial charge in [-0.25, -0.2) is 8.42 Å². The summed E-state index contributed by atoms with van der Waals surface area (Å²) in [5.41, 5.74) is 2.97. The van der Waals surface area contributed by atoms with Crippen LogP contribution in [0, 0.1) is 0 Å². The van der Waals surface area contributed by atoms with E-state index in [0.717, 1.165) is 17.2 Å². The van der Waals surface area contributed by atoms with Gasteiger partial charge in [-0.15, -0.1) is 0 Å². The molecule has 6 nitrogen and oxygen atoms in total. The summed E-state index contributed by atoms with van der Waals surface area (Å²) in [7, 11) is -3.47. The number of hydrogen-bond donors (Lipinski definition) is 1. The number of pyridine rings is 1. The fourth-order valence-electron chi connectivity index (χ4n) is 3.73. The Labute approximate surface area is 182 Å². The summed E-state index contributed by atoms with van der Waals surface area (Å²) in [6.07, 6.45) is 2.74. The summed E-state index contributed by atoms with van der Waals surface area (Å²) in [5, 5.41) is 11.9. The fraction of sp³-hybridized carbons (Fsp3) is 0.143. The number of aromatic nitrogens is 2. The van der Waals surface area contributed by atoms with Gasteiger partial charge in [0.2, 0.25) is 0 Å². The van der Waals surface area contributed by atoms with Crippen LogP contribution in [0.4, 0.5) is 0 Å². The van der Waals surface area contributed by atoms with Gasteiger partial charge in [0, 0.05) is 50.0 Å². The van der Waals surface area contributed by atoms with Crippen LogP contribution in [0.1, 0.15) is 5.69 Å². The minimum Gasteiger partial charge on any atom is -0.480 e. The van der Waals surface area contributed by atoms with E-state index in [1.807, 2.05) is 6.07 Å². The van der Waals surface area contributed by atoms with Gasteiger partial charge in [-0.3, -0.25) is 9.78 Å². The average molecular weight is 463 g/mol. The number of carbonyl (C=O) groups is 1. The van der Waals surface area contributed by atoms with Crippen molar-refractivity contribution in [2.24, 2.45) is 0 Å². The molecule has 0 radical (unpaired) electrons. The van der Waals surface area contributed by atoms with Crippen molar-refractivity contribution in [3.63, 3.8) is 0 Å². The van der Waals surface area contributed by atoms with E-state index >= 15 is 0 Å². The standard InChI is InChI=1S/C21H16Cl2N2O4S/c1-30(28,29)11-19-21(15-6-7-24-17-9-13(23)2-4-14(15)17)16-8-12(22)3-5-18(16)25(19)10-20(26)27/h2-9H,10-11H2,1H3,(H,26,27). The number of aliphatic carboxylic acids is 1. The lowest BCUT2D eigenvalue weighted by molar-refractivity contribution is -0.137. The largest absolute Gasteiger partial charge is 0.480 e. The van der Waals surface area contributed by atoms with Crippen LogP contribution in [0.25, 0.3) is 32.9 Å². The molecule has 0 amide bonds. The highest BCUT2D eigenvalue weighted by Gasteiger charge is 2.24. The highest BCUT2D eigenvalue weighted by Crippen LogP contribution is 2.40. The van der Waals surface area contributed by atoms with Crippen LogP contribution in [0.5, 0.6) is 0 Å². The lowest BCUT2D eigenvalue weighted by Crippen LogP contribution is -2.14. The number of nitrogens with zero attached hydrogens (tertiary/aromatic N) is 2. The normalized spacial score (nSPS) is 12.0. The molecule has 0 spiro atoms. The third kappa shape index (κ3) is 3.88. The van der Waals surface area contributed by atoms with Crippen molar-refractivity contribution in [1.82, 2.24) is 9.55 Å². The van der Waals surface area contributed by atoms with Gasteiger partial charge >= 0.3 is 5.97 Å². The van der Waals surface area contributed by atoms with Crippen LogP contribution in [0.15, 0.2) is 48.7 Å². The van der Waals surface area contributed by atoms with E-state index in [-0.39, 0.29) is 12.3 Å². The second kappa shape index (κ2) is 7.58. The van der Waals surface area contributed by atoms with Crippen molar-refractivity contribution in [2.45, 2.75) is 12.3 Å². The molecule has 4 aromatic rings. The van der Waals surface area contributed by atoms with E-state index in [1.54, 1.807) is 42.6 Å². The molecular formula is C21H16Cl2N2O4S. The molecule has 2 aromatic carbocycles. The molecular weight excluding hydrogens is 447 g/mol. The Kier molecular flexibility index (Phi) is 5.22. The van der Waals surface area contributed by atoms with Crippen LogP contribution in [-0.4, -0.2) is 35.3 Å². The molecule has 0 atom stereocenters. The topological polar surface area (TPSA) is 89.3 Å². The molecule has 0 saturated carbocycles. The molecule has 0 bridgehead atoms. The molecule has 4 rings (SSSR count). The maximum absolute atomic E-state index is 12.3. The first-order valence-electron chi connectivity index (χ1n) is 8.89. The maximum Gasteiger partial charge on any atom is 0.323 e. The van der Waals surface area contributed by atoms with Crippen LogP contribution >= 0.6 is 23.2 Å². The zero-order valence-electron chi connectivity index (χ0n) is 15.8. The lowest BCUT2D eigenvalue weighted by Gasteiger charge is -2.11. The van der Waals surface area contributed by atoms with Gasteiger partial charge in [-0.05, 0) is 42.0 Å². The van der Waals surface area contributed by atoms with E-state index in [1.165, 1.54) is 4.57 Å². The number of carboxylic acids is 1. The number of hydrogen-bond acceptors (Lipinski definition) is 4. The van der Waals surface area contributed by atoms with Crippen molar-refractivity contribution in [3.05, 3.63) is 64.4 Å². The zero-order valence-corrected chi connectivity index (χ0v) is 18.1. The molecule has 0 aliphatic carbocycles. The quantitative estimate of drug-likeness (QED) is 0.460.